The minimum atomic E-state index is -3.99. The quantitative estimate of drug-likeness (QED) is 0.258. The Hall–Kier alpha value is -3.10. The summed E-state index contributed by atoms with van der Waals surface area (Å²) in [6, 6.07) is 11.8. The lowest BCUT2D eigenvalue weighted by Crippen LogP contribution is -2.40. The minimum Gasteiger partial charge on any atom is -0.480 e. The average Bonchev–Trinajstić information content (AvgIpc) is 3.43. The van der Waals surface area contributed by atoms with Crippen molar-refractivity contribution in [3.05, 3.63) is 65.5 Å². The number of unbranched alkanes of at least 4 members (excludes halogenated alkanes) is 2. The van der Waals surface area contributed by atoms with Gasteiger partial charge in [-0.25, -0.2) is 8.42 Å². The fourth-order valence-corrected chi connectivity index (χ4v) is 6.32. The average molecular weight is 495 g/mol. The van der Waals surface area contributed by atoms with E-state index >= 15 is 0 Å². The van der Waals surface area contributed by atoms with Crippen molar-refractivity contribution in [3.63, 3.8) is 0 Å². The highest BCUT2D eigenvalue weighted by Gasteiger charge is 2.26. The van der Waals surface area contributed by atoms with Gasteiger partial charge < -0.3 is 14.5 Å². The maximum Gasteiger partial charge on any atom is 0.321 e. The fourth-order valence-electron chi connectivity index (χ4n) is 5.08. The molecule has 0 unspecified atom stereocenters. The summed E-state index contributed by atoms with van der Waals surface area (Å²) in [4.78, 5) is 15.1. The molecule has 0 bridgehead atoms. The minimum absolute atomic E-state index is 0.0293. The van der Waals surface area contributed by atoms with Crippen molar-refractivity contribution in [2.24, 2.45) is 0 Å². The van der Waals surface area contributed by atoms with Crippen molar-refractivity contribution < 1.29 is 22.7 Å². The molecule has 0 radical (unpaired) electrons. The smallest absolute Gasteiger partial charge is 0.321 e. The highest BCUT2D eigenvalue weighted by molar-refractivity contribution is 7.89. The van der Waals surface area contributed by atoms with E-state index in [-0.39, 0.29) is 11.3 Å². The molecule has 0 amide bonds. The molecule has 0 saturated carbocycles. The monoisotopic (exact) mass is 494 g/mol. The van der Waals surface area contributed by atoms with Crippen molar-refractivity contribution >= 4 is 37.9 Å². The lowest BCUT2D eigenvalue weighted by Gasteiger charge is -2.15. The largest absolute Gasteiger partial charge is 0.480 e. The first kappa shape index (κ1) is 23.6. The first-order valence-corrected chi connectivity index (χ1v) is 13.7. The van der Waals surface area contributed by atoms with Crippen LogP contribution < -0.4 is 4.72 Å². The number of rotatable bonds is 10. The molecule has 8 heteroatoms. The molecule has 2 aromatic heterocycles. The molecule has 2 aromatic carbocycles. The molecule has 2 heterocycles. The van der Waals surface area contributed by atoms with Gasteiger partial charge in [-0.2, -0.15) is 4.72 Å². The second-order valence-corrected chi connectivity index (χ2v) is 11.1. The molecule has 1 aliphatic rings. The molecule has 0 saturated heterocycles. The van der Waals surface area contributed by atoms with Gasteiger partial charge in [-0.05, 0) is 62.3 Å². The number of para-hydroxylation sites is 1. The van der Waals surface area contributed by atoms with E-state index in [4.69, 9.17) is 4.42 Å². The van der Waals surface area contributed by atoms with Crippen LogP contribution in [0, 0.1) is 0 Å². The van der Waals surface area contributed by atoms with Gasteiger partial charge in [0, 0.05) is 40.5 Å². The number of aryl methyl sites for hydroxylation is 3. The maximum absolute atomic E-state index is 13.0. The van der Waals surface area contributed by atoms with Crippen LogP contribution in [0.4, 0.5) is 0 Å². The van der Waals surface area contributed by atoms with Gasteiger partial charge in [-0.1, -0.05) is 31.0 Å². The Labute approximate surface area is 204 Å². The number of H-pyrrole nitrogens is 1. The van der Waals surface area contributed by atoms with Crippen molar-refractivity contribution in [2.75, 3.05) is 0 Å². The number of furan rings is 1. The predicted octanol–water partition coefficient (Wildman–Crippen LogP) is 5.33. The van der Waals surface area contributed by atoms with E-state index in [9.17, 15) is 18.3 Å². The van der Waals surface area contributed by atoms with Crippen molar-refractivity contribution in [3.8, 4) is 0 Å². The van der Waals surface area contributed by atoms with Gasteiger partial charge in [0.05, 0.1) is 4.90 Å². The number of aromatic nitrogens is 1. The van der Waals surface area contributed by atoms with E-state index in [0.717, 1.165) is 61.6 Å². The number of aliphatic carboxylic acids is 1. The highest BCUT2D eigenvalue weighted by atomic mass is 32.2. The van der Waals surface area contributed by atoms with Crippen LogP contribution in [0.15, 0.2) is 58.0 Å². The van der Waals surface area contributed by atoms with Crippen LogP contribution in [-0.2, 0) is 34.1 Å². The molecule has 35 heavy (non-hydrogen) atoms. The summed E-state index contributed by atoms with van der Waals surface area (Å²) < 4.78 is 34.3. The second kappa shape index (κ2) is 9.87. The van der Waals surface area contributed by atoms with Crippen LogP contribution >= 0.6 is 0 Å². The number of carboxylic acid groups (broad SMARTS) is 1. The Morgan fingerprint density at radius 2 is 1.89 bits per heavy atom. The standard InChI is InChI=1S/C27H30N2O5S/c30-27(31)24(12-3-1-2-8-18-17-28-23-11-6-4-9-20(18)23)29-35(32,33)19-14-15-22-21-10-5-7-13-25(21)34-26(22)16-19/h4,6,9,11,14-17,24,28-29H,1-3,5,7-8,10,12-13H2,(H,30,31)/t24-/m1/s1. The van der Waals surface area contributed by atoms with E-state index in [2.05, 4.69) is 15.8 Å². The first-order valence-electron chi connectivity index (χ1n) is 12.3. The van der Waals surface area contributed by atoms with E-state index in [1.54, 1.807) is 6.07 Å². The van der Waals surface area contributed by atoms with Crippen LogP contribution in [0.5, 0.6) is 0 Å². The molecule has 184 valence electrons. The third-order valence-corrected chi connectivity index (χ3v) is 8.42. The summed E-state index contributed by atoms with van der Waals surface area (Å²) in [6.45, 7) is 0. The van der Waals surface area contributed by atoms with E-state index in [1.165, 1.54) is 28.6 Å². The van der Waals surface area contributed by atoms with Gasteiger partial charge in [0.15, 0.2) is 0 Å². The summed E-state index contributed by atoms with van der Waals surface area (Å²) in [5, 5.41) is 11.8. The number of aromatic amines is 1. The predicted molar refractivity (Wildman–Crippen MR) is 135 cm³/mol. The number of carbonyl (C=O) groups is 1. The number of fused-ring (bicyclic) bond motifs is 4. The number of sulfonamides is 1. The van der Waals surface area contributed by atoms with Crippen molar-refractivity contribution in [1.82, 2.24) is 9.71 Å². The van der Waals surface area contributed by atoms with Gasteiger partial charge in [0.1, 0.15) is 17.4 Å². The van der Waals surface area contributed by atoms with Gasteiger partial charge in [0.2, 0.25) is 10.0 Å². The summed E-state index contributed by atoms with van der Waals surface area (Å²) in [7, 11) is -3.99. The zero-order valence-corrected chi connectivity index (χ0v) is 20.4. The maximum atomic E-state index is 13.0. The lowest BCUT2D eigenvalue weighted by atomic mass is 9.96. The van der Waals surface area contributed by atoms with E-state index in [0.29, 0.717) is 12.0 Å². The van der Waals surface area contributed by atoms with Gasteiger partial charge in [-0.15, -0.1) is 0 Å². The molecular formula is C27H30N2O5S. The third kappa shape index (κ3) is 4.99. The lowest BCUT2D eigenvalue weighted by molar-refractivity contribution is -0.139. The van der Waals surface area contributed by atoms with Crippen LogP contribution in [0.25, 0.3) is 21.9 Å². The SMILES string of the molecule is O=C(O)[C@@H](CCCCCc1c[nH]c2ccccc12)NS(=O)(=O)c1ccc2c3c(oc2c1)CCCC3. The molecule has 0 fully saturated rings. The molecule has 4 aromatic rings. The summed E-state index contributed by atoms with van der Waals surface area (Å²) in [5.41, 5.74) is 4.06. The number of hydrogen-bond acceptors (Lipinski definition) is 4. The Bertz CT molecular complexity index is 1470. The summed E-state index contributed by atoms with van der Waals surface area (Å²) in [6.07, 6.45) is 9.46. The first-order chi connectivity index (χ1) is 16.9. The van der Waals surface area contributed by atoms with Gasteiger partial charge in [-0.3, -0.25) is 4.79 Å². The molecule has 0 aliphatic heterocycles. The van der Waals surface area contributed by atoms with Crippen molar-refractivity contribution in [1.29, 1.82) is 0 Å². The normalized spacial score (nSPS) is 14.9. The Kier molecular flexibility index (Phi) is 6.67. The summed E-state index contributed by atoms with van der Waals surface area (Å²) >= 11 is 0. The molecule has 0 spiro atoms. The molecule has 1 atom stereocenters. The topological polar surface area (TPSA) is 112 Å². The molecule has 7 nitrogen and oxygen atoms in total. The number of benzene rings is 2. The van der Waals surface area contributed by atoms with Gasteiger partial charge >= 0.3 is 5.97 Å². The van der Waals surface area contributed by atoms with Crippen LogP contribution in [0.2, 0.25) is 0 Å². The molecule has 1 aliphatic carbocycles. The van der Waals surface area contributed by atoms with Crippen LogP contribution in [0.3, 0.4) is 0 Å². The molecule has 5 rings (SSSR count). The Morgan fingerprint density at radius 3 is 2.74 bits per heavy atom. The number of hydrogen-bond donors (Lipinski definition) is 3. The second-order valence-electron chi connectivity index (χ2n) is 9.34. The van der Waals surface area contributed by atoms with Gasteiger partial charge in [0.25, 0.3) is 0 Å². The zero-order valence-electron chi connectivity index (χ0n) is 19.5. The van der Waals surface area contributed by atoms with E-state index in [1.807, 2.05) is 24.4 Å². The molecular weight excluding hydrogens is 464 g/mol. The molecule has 3 N–H and O–H groups in total. The summed E-state index contributed by atoms with van der Waals surface area (Å²) in [5.74, 6) is -0.232. The fraction of sp³-hybridized carbons (Fsp3) is 0.370. The van der Waals surface area contributed by atoms with Crippen LogP contribution in [0.1, 0.15) is 55.4 Å². The number of carboxylic acids is 1. The van der Waals surface area contributed by atoms with Crippen molar-refractivity contribution in [2.45, 2.75) is 68.7 Å². The third-order valence-electron chi connectivity index (χ3n) is 6.95. The highest BCUT2D eigenvalue weighted by Crippen LogP contribution is 2.33. The van der Waals surface area contributed by atoms with E-state index < -0.39 is 22.0 Å². The zero-order chi connectivity index (χ0) is 24.4. The number of nitrogens with one attached hydrogen (secondary N) is 2. The van der Waals surface area contributed by atoms with Crippen LogP contribution in [-0.4, -0.2) is 30.5 Å². The Balaban J connectivity index is 1.19. The Morgan fingerprint density at radius 1 is 1.06 bits per heavy atom.